The van der Waals surface area contributed by atoms with Gasteiger partial charge in [0, 0.05) is 13.1 Å². The van der Waals surface area contributed by atoms with Gasteiger partial charge in [0.15, 0.2) is 6.61 Å². The number of carboxylic acids is 1. The smallest absolute Gasteiger partial charge is 0.308 e. The molecular weight excluding hydrogens is 330 g/mol. The van der Waals surface area contributed by atoms with Gasteiger partial charge < -0.3 is 14.7 Å². The molecule has 1 amide bonds. The van der Waals surface area contributed by atoms with Gasteiger partial charge in [-0.05, 0) is 30.5 Å². The van der Waals surface area contributed by atoms with Crippen LogP contribution in [0.1, 0.15) is 23.6 Å². The Balaban J connectivity index is 2.10. The van der Waals surface area contributed by atoms with Gasteiger partial charge in [-0.2, -0.15) is 0 Å². The Labute approximate surface area is 154 Å². The zero-order chi connectivity index (χ0) is 19.1. The molecule has 0 aliphatic carbocycles. The Bertz CT molecular complexity index is 738. The van der Waals surface area contributed by atoms with Gasteiger partial charge in [0.25, 0.3) is 5.91 Å². The third-order valence-corrected chi connectivity index (χ3v) is 4.23. The molecule has 26 heavy (non-hydrogen) atoms. The fraction of sp³-hybridized carbons (Fsp3) is 0.333. The average Bonchev–Trinajstić information content (AvgIpc) is 2.61. The van der Waals surface area contributed by atoms with Crippen LogP contribution < -0.4 is 4.74 Å². The van der Waals surface area contributed by atoms with E-state index in [4.69, 9.17) is 4.74 Å². The first-order chi connectivity index (χ1) is 12.4. The first-order valence-electron chi connectivity index (χ1n) is 8.62. The number of aliphatic carboxylic acids is 1. The van der Waals surface area contributed by atoms with Gasteiger partial charge in [-0.25, -0.2) is 0 Å². The minimum Gasteiger partial charge on any atom is -0.483 e. The Morgan fingerprint density at radius 1 is 1.04 bits per heavy atom. The topological polar surface area (TPSA) is 66.8 Å². The van der Waals surface area contributed by atoms with Crippen molar-refractivity contribution in [2.45, 2.75) is 27.3 Å². The maximum atomic E-state index is 12.7. The lowest BCUT2D eigenvalue weighted by atomic mass is 10.1. The van der Waals surface area contributed by atoms with Gasteiger partial charge in [0.1, 0.15) is 5.75 Å². The maximum absolute atomic E-state index is 12.7. The summed E-state index contributed by atoms with van der Waals surface area (Å²) in [6.07, 6.45) is 0. The maximum Gasteiger partial charge on any atom is 0.308 e. The minimum atomic E-state index is -0.925. The van der Waals surface area contributed by atoms with E-state index in [1.54, 1.807) is 11.8 Å². The van der Waals surface area contributed by atoms with E-state index in [1.807, 2.05) is 62.4 Å². The number of hydrogen-bond acceptors (Lipinski definition) is 3. The molecule has 2 rings (SSSR count). The number of nitrogens with zero attached hydrogens (tertiary/aromatic N) is 1. The van der Waals surface area contributed by atoms with Crippen LogP contribution in [-0.2, 0) is 16.1 Å². The normalized spacial score (nSPS) is 11.7. The van der Waals surface area contributed by atoms with E-state index in [1.165, 1.54) is 0 Å². The molecule has 138 valence electrons. The molecule has 5 nitrogen and oxygen atoms in total. The number of carbonyl (C=O) groups is 2. The largest absolute Gasteiger partial charge is 0.483 e. The van der Waals surface area contributed by atoms with E-state index < -0.39 is 11.9 Å². The molecule has 0 radical (unpaired) electrons. The number of carbonyl (C=O) groups excluding carboxylic acids is 1. The lowest BCUT2D eigenvalue weighted by Gasteiger charge is -2.25. The van der Waals surface area contributed by atoms with Crippen LogP contribution in [0.4, 0.5) is 0 Å². The molecule has 0 saturated carbocycles. The monoisotopic (exact) mass is 355 g/mol. The van der Waals surface area contributed by atoms with E-state index in [9.17, 15) is 14.7 Å². The summed E-state index contributed by atoms with van der Waals surface area (Å²) < 4.78 is 5.75. The number of carboxylic acid groups (broad SMARTS) is 1. The van der Waals surface area contributed by atoms with E-state index in [0.29, 0.717) is 12.3 Å². The molecule has 0 spiro atoms. The number of amides is 1. The molecule has 0 heterocycles. The Kier molecular flexibility index (Phi) is 6.78. The molecule has 0 aliphatic heterocycles. The Morgan fingerprint density at radius 3 is 2.23 bits per heavy atom. The zero-order valence-corrected chi connectivity index (χ0v) is 15.4. The van der Waals surface area contributed by atoms with Crippen LogP contribution in [0.5, 0.6) is 5.75 Å². The lowest BCUT2D eigenvalue weighted by molar-refractivity contribution is -0.143. The molecule has 5 heteroatoms. The number of rotatable bonds is 8. The quantitative estimate of drug-likeness (QED) is 0.788. The summed E-state index contributed by atoms with van der Waals surface area (Å²) in [4.78, 5) is 25.5. The summed E-state index contributed by atoms with van der Waals surface area (Å²) in [6, 6.07) is 15.3. The molecule has 0 fully saturated rings. The second-order valence-electron chi connectivity index (χ2n) is 6.51. The molecule has 0 bridgehead atoms. The van der Waals surface area contributed by atoms with Crippen LogP contribution in [0.2, 0.25) is 0 Å². The number of benzene rings is 2. The van der Waals surface area contributed by atoms with E-state index >= 15 is 0 Å². The van der Waals surface area contributed by atoms with Gasteiger partial charge in [0.2, 0.25) is 0 Å². The standard InChI is InChI=1S/C21H25NO4/c1-15-8-7-9-16(2)20(15)26-14-19(23)22(12-17(3)21(24)25)13-18-10-5-4-6-11-18/h4-11,17H,12-14H2,1-3H3,(H,24,25). The number of hydrogen-bond donors (Lipinski definition) is 1. The van der Waals surface area contributed by atoms with Gasteiger partial charge in [-0.15, -0.1) is 0 Å². The lowest BCUT2D eigenvalue weighted by Crippen LogP contribution is -2.39. The predicted octanol–water partition coefficient (Wildman–Crippen LogP) is 3.43. The fourth-order valence-electron chi connectivity index (χ4n) is 2.72. The minimum absolute atomic E-state index is 0.120. The van der Waals surface area contributed by atoms with Crippen LogP contribution in [0.3, 0.4) is 0 Å². The van der Waals surface area contributed by atoms with Crippen molar-refractivity contribution in [3.63, 3.8) is 0 Å². The summed E-state index contributed by atoms with van der Waals surface area (Å²) in [5.41, 5.74) is 2.88. The zero-order valence-electron chi connectivity index (χ0n) is 15.4. The van der Waals surface area contributed by atoms with Crippen LogP contribution in [0.15, 0.2) is 48.5 Å². The van der Waals surface area contributed by atoms with E-state index in [-0.39, 0.29) is 19.1 Å². The third-order valence-electron chi connectivity index (χ3n) is 4.23. The Morgan fingerprint density at radius 2 is 1.65 bits per heavy atom. The van der Waals surface area contributed by atoms with Crippen molar-refractivity contribution in [3.05, 3.63) is 65.2 Å². The predicted molar refractivity (Wildman–Crippen MR) is 100 cm³/mol. The van der Waals surface area contributed by atoms with Gasteiger partial charge in [-0.1, -0.05) is 55.5 Å². The van der Waals surface area contributed by atoms with Crippen molar-refractivity contribution in [3.8, 4) is 5.75 Å². The molecule has 2 aromatic carbocycles. The fourth-order valence-corrected chi connectivity index (χ4v) is 2.72. The molecule has 1 unspecified atom stereocenters. The summed E-state index contributed by atoms with van der Waals surface area (Å²) >= 11 is 0. The van der Waals surface area contributed by atoms with Crippen molar-refractivity contribution in [2.24, 2.45) is 5.92 Å². The first kappa shape index (κ1) is 19.5. The highest BCUT2D eigenvalue weighted by molar-refractivity contribution is 5.79. The van der Waals surface area contributed by atoms with E-state index in [0.717, 1.165) is 16.7 Å². The van der Waals surface area contributed by atoms with Crippen molar-refractivity contribution < 1.29 is 19.4 Å². The Hall–Kier alpha value is -2.82. The second kappa shape index (κ2) is 9.04. The van der Waals surface area contributed by atoms with Crippen LogP contribution >= 0.6 is 0 Å². The second-order valence-corrected chi connectivity index (χ2v) is 6.51. The SMILES string of the molecule is Cc1cccc(C)c1OCC(=O)N(Cc1ccccc1)CC(C)C(=O)O. The summed E-state index contributed by atoms with van der Waals surface area (Å²) in [6.45, 7) is 5.83. The van der Waals surface area contributed by atoms with E-state index in [2.05, 4.69) is 0 Å². The summed E-state index contributed by atoms with van der Waals surface area (Å²) in [5, 5.41) is 9.19. The molecule has 0 aliphatic rings. The van der Waals surface area contributed by atoms with Crippen molar-refractivity contribution in [1.82, 2.24) is 4.90 Å². The van der Waals surface area contributed by atoms with Crippen molar-refractivity contribution in [1.29, 1.82) is 0 Å². The average molecular weight is 355 g/mol. The number of ether oxygens (including phenoxy) is 1. The van der Waals surface area contributed by atoms with Gasteiger partial charge in [-0.3, -0.25) is 9.59 Å². The van der Waals surface area contributed by atoms with Gasteiger partial charge >= 0.3 is 5.97 Å². The van der Waals surface area contributed by atoms with Crippen LogP contribution in [0, 0.1) is 19.8 Å². The third kappa shape index (κ3) is 5.34. The van der Waals surface area contributed by atoms with Crippen molar-refractivity contribution >= 4 is 11.9 Å². The summed E-state index contributed by atoms with van der Waals surface area (Å²) in [7, 11) is 0. The molecule has 1 atom stereocenters. The molecule has 1 N–H and O–H groups in total. The highest BCUT2D eigenvalue weighted by atomic mass is 16.5. The highest BCUT2D eigenvalue weighted by Crippen LogP contribution is 2.22. The molecule has 0 aromatic heterocycles. The molecule has 0 saturated heterocycles. The van der Waals surface area contributed by atoms with Crippen LogP contribution in [0.25, 0.3) is 0 Å². The summed E-state index contributed by atoms with van der Waals surface area (Å²) in [5.74, 6) is -1.11. The van der Waals surface area contributed by atoms with Crippen molar-refractivity contribution in [2.75, 3.05) is 13.2 Å². The molecule has 2 aromatic rings. The van der Waals surface area contributed by atoms with Crippen LogP contribution in [-0.4, -0.2) is 35.0 Å². The van der Waals surface area contributed by atoms with Gasteiger partial charge in [0.05, 0.1) is 5.92 Å². The first-order valence-corrected chi connectivity index (χ1v) is 8.62. The number of aryl methyl sites for hydroxylation is 2. The highest BCUT2D eigenvalue weighted by Gasteiger charge is 2.21. The molecular formula is C21H25NO4. The number of para-hydroxylation sites is 1.